The van der Waals surface area contributed by atoms with E-state index in [9.17, 15) is 9.59 Å². The third kappa shape index (κ3) is 5.00. The highest BCUT2D eigenvalue weighted by atomic mass is 35.5. The summed E-state index contributed by atoms with van der Waals surface area (Å²) < 4.78 is 5.47. The van der Waals surface area contributed by atoms with Crippen LogP contribution in [0.25, 0.3) is 10.9 Å². The van der Waals surface area contributed by atoms with Crippen LogP contribution in [-0.4, -0.2) is 40.0 Å². The van der Waals surface area contributed by atoms with Crippen LogP contribution in [0.15, 0.2) is 76.2 Å². The van der Waals surface area contributed by atoms with Crippen molar-refractivity contribution in [1.29, 1.82) is 0 Å². The minimum absolute atomic E-state index is 0.106. The summed E-state index contributed by atoms with van der Waals surface area (Å²) in [7, 11) is 0. The lowest BCUT2D eigenvalue weighted by Gasteiger charge is -2.30. The number of nitrogens with zero attached hydrogens (tertiary/aromatic N) is 1. The third-order valence-electron chi connectivity index (χ3n) is 6.00. The molecule has 1 atom stereocenters. The molecule has 4 aromatic rings. The normalized spacial score (nSPS) is 14.1. The van der Waals surface area contributed by atoms with Crippen LogP contribution in [0.5, 0.6) is 0 Å². The molecule has 0 saturated carbocycles. The second-order valence-corrected chi connectivity index (χ2v) is 9.77. The summed E-state index contributed by atoms with van der Waals surface area (Å²) in [5, 5.41) is 4.80. The number of thioether (sulfide) groups is 1. The Hall–Kier alpha value is -3.16. The van der Waals surface area contributed by atoms with Gasteiger partial charge in [-0.2, -0.15) is 0 Å². The van der Waals surface area contributed by atoms with Crippen LogP contribution in [0.3, 0.4) is 0 Å². The van der Waals surface area contributed by atoms with Crippen LogP contribution in [-0.2, 0) is 29.0 Å². The molecule has 1 aliphatic heterocycles. The summed E-state index contributed by atoms with van der Waals surface area (Å²) >= 11 is 7.34. The molecule has 0 spiro atoms. The summed E-state index contributed by atoms with van der Waals surface area (Å²) in [6, 6.07) is 18.4. The number of H-pyrrole nitrogens is 1. The van der Waals surface area contributed by atoms with Gasteiger partial charge in [0.1, 0.15) is 11.8 Å². The first-order valence-corrected chi connectivity index (χ1v) is 12.5. The number of carbonyl (C=O) groups is 2. The van der Waals surface area contributed by atoms with Crippen molar-refractivity contribution >= 4 is 46.1 Å². The first kappa shape index (κ1) is 22.6. The maximum atomic E-state index is 13.5. The van der Waals surface area contributed by atoms with Crippen LogP contribution in [0.1, 0.15) is 17.0 Å². The highest BCUT2D eigenvalue weighted by Gasteiger charge is 2.30. The maximum absolute atomic E-state index is 13.5. The van der Waals surface area contributed by atoms with Gasteiger partial charge in [0.15, 0.2) is 0 Å². The lowest BCUT2D eigenvalue weighted by Crippen LogP contribution is -2.51. The van der Waals surface area contributed by atoms with Gasteiger partial charge in [0.2, 0.25) is 11.8 Å². The highest BCUT2D eigenvalue weighted by Crippen LogP contribution is 2.28. The van der Waals surface area contributed by atoms with E-state index >= 15 is 0 Å². The minimum atomic E-state index is -0.699. The quantitative estimate of drug-likeness (QED) is 0.362. The largest absolute Gasteiger partial charge is 0.469 e. The third-order valence-corrected chi connectivity index (χ3v) is 7.26. The molecule has 2 N–H and O–H groups in total. The second-order valence-electron chi connectivity index (χ2n) is 8.28. The molecule has 2 amide bonds. The molecular weight excluding hydrogens is 470 g/mol. The van der Waals surface area contributed by atoms with E-state index in [2.05, 4.69) is 22.4 Å². The van der Waals surface area contributed by atoms with E-state index in [0.29, 0.717) is 30.3 Å². The number of hydrogen-bond donors (Lipinski definition) is 2. The van der Waals surface area contributed by atoms with Crippen molar-refractivity contribution in [2.75, 3.05) is 12.3 Å². The summed E-state index contributed by atoms with van der Waals surface area (Å²) in [5.74, 6) is 0.557. The predicted molar refractivity (Wildman–Crippen MR) is 134 cm³/mol. The van der Waals surface area contributed by atoms with Crippen LogP contribution < -0.4 is 5.32 Å². The van der Waals surface area contributed by atoms with Gasteiger partial charge in [-0.15, -0.1) is 11.8 Å². The molecule has 1 unspecified atom stereocenters. The molecule has 0 fully saturated rings. The van der Waals surface area contributed by atoms with Crippen molar-refractivity contribution in [1.82, 2.24) is 15.2 Å². The Bertz CT molecular complexity index is 1300. The molecule has 0 radical (unpaired) electrons. The summed E-state index contributed by atoms with van der Waals surface area (Å²) in [6.45, 7) is 1.10. The number of nitrogens with one attached hydrogen (secondary N) is 2. The van der Waals surface area contributed by atoms with Crippen LogP contribution in [0.2, 0.25) is 5.02 Å². The maximum Gasteiger partial charge on any atom is 0.245 e. The molecule has 0 aliphatic carbocycles. The number of carbonyl (C=O) groups excluding carboxylic acids is 2. The van der Waals surface area contributed by atoms with Crippen molar-refractivity contribution in [2.24, 2.45) is 0 Å². The Morgan fingerprint density at radius 3 is 2.74 bits per heavy atom. The average molecular weight is 494 g/mol. The lowest BCUT2D eigenvalue weighted by molar-refractivity contribution is -0.136. The molecule has 2 aromatic heterocycles. The van der Waals surface area contributed by atoms with Gasteiger partial charge in [-0.25, -0.2) is 0 Å². The number of aromatic nitrogens is 1. The fraction of sp³-hybridized carbons (Fsp3) is 0.231. The van der Waals surface area contributed by atoms with Crippen LogP contribution >= 0.6 is 23.4 Å². The number of furan rings is 1. The van der Waals surface area contributed by atoms with Gasteiger partial charge in [-0.05, 0) is 54.4 Å². The number of halogens is 1. The van der Waals surface area contributed by atoms with Crippen molar-refractivity contribution in [2.45, 2.75) is 30.3 Å². The van der Waals surface area contributed by atoms with Gasteiger partial charge in [0.05, 0.1) is 18.6 Å². The number of benzene rings is 2. The monoisotopic (exact) mass is 493 g/mol. The van der Waals surface area contributed by atoms with Crippen LogP contribution in [0.4, 0.5) is 0 Å². The van der Waals surface area contributed by atoms with Crippen molar-refractivity contribution in [3.05, 3.63) is 89.0 Å². The number of amides is 2. The van der Waals surface area contributed by atoms with E-state index in [-0.39, 0.29) is 17.6 Å². The molecule has 6 nitrogen and oxygen atoms in total. The SMILES string of the molecule is O=C(CSc1ccc(Cl)cc1)NC(Cc1ccco1)C(=O)N1CCc2c([nH]c3ccccc23)C1. The lowest BCUT2D eigenvalue weighted by atomic mass is 10.0. The van der Waals surface area contributed by atoms with E-state index in [0.717, 1.165) is 22.5 Å². The zero-order valence-electron chi connectivity index (χ0n) is 18.4. The number of hydrogen-bond acceptors (Lipinski definition) is 4. The van der Waals surface area contributed by atoms with Gasteiger partial charge in [-0.3, -0.25) is 9.59 Å². The molecular formula is C26H24ClN3O3S. The second kappa shape index (κ2) is 9.99. The Kier molecular flexibility index (Phi) is 6.65. The van der Waals surface area contributed by atoms with Gasteiger partial charge >= 0.3 is 0 Å². The first-order chi connectivity index (χ1) is 16.6. The van der Waals surface area contributed by atoms with Crippen molar-refractivity contribution in [3.8, 4) is 0 Å². The molecule has 5 rings (SSSR count). The molecule has 8 heteroatoms. The Morgan fingerprint density at radius 1 is 1.12 bits per heavy atom. The van der Waals surface area contributed by atoms with Crippen molar-refractivity contribution in [3.63, 3.8) is 0 Å². The van der Waals surface area contributed by atoms with E-state index in [4.69, 9.17) is 16.0 Å². The van der Waals surface area contributed by atoms with Crippen molar-refractivity contribution < 1.29 is 14.0 Å². The van der Waals surface area contributed by atoms with Gasteiger partial charge in [0, 0.05) is 39.5 Å². The number of fused-ring (bicyclic) bond motifs is 3. The van der Waals surface area contributed by atoms with Gasteiger partial charge < -0.3 is 19.6 Å². The summed E-state index contributed by atoms with van der Waals surface area (Å²) in [4.78, 5) is 32.5. The van der Waals surface area contributed by atoms with Gasteiger partial charge in [-0.1, -0.05) is 29.8 Å². The molecule has 0 saturated heterocycles. The molecule has 0 bridgehead atoms. The zero-order valence-corrected chi connectivity index (χ0v) is 20.0. The van der Waals surface area contributed by atoms with E-state index in [1.807, 2.05) is 35.2 Å². The molecule has 3 heterocycles. The molecule has 1 aliphatic rings. The Morgan fingerprint density at radius 2 is 1.94 bits per heavy atom. The number of para-hydroxylation sites is 1. The highest BCUT2D eigenvalue weighted by molar-refractivity contribution is 8.00. The molecule has 34 heavy (non-hydrogen) atoms. The predicted octanol–water partition coefficient (Wildman–Crippen LogP) is 4.82. The zero-order chi connectivity index (χ0) is 23.5. The minimum Gasteiger partial charge on any atom is -0.469 e. The molecule has 2 aromatic carbocycles. The van der Waals surface area contributed by atoms with Gasteiger partial charge in [0.25, 0.3) is 0 Å². The molecule has 174 valence electrons. The van der Waals surface area contributed by atoms with E-state index < -0.39 is 6.04 Å². The Balaban J connectivity index is 1.28. The van der Waals surface area contributed by atoms with E-state index in [1.165, 1.54) is 22.7 Å². The number of aromatic amines is 1. The topological polar surface area (TPSA) is 78.3 Å². The summed E-state index contributed by atoms with van der Waals surface area (Å²) in [5.41, 5.74) is 3.41. The first-order valence-electron chi connectivity index (χ1n) is 11.1. The standard InChI is InChI=1S/C26H24ClN3O3S/c27-17-7-9-19(10-8-17)34-16-25(31)29-23(14-18-4-3-13-33-18)26(32)30-12-11-21-20-5-1-2-6-22(20)28-24(21)15-30/h1-10,13,23,28H,11-12,14-16H2,(H,29,31). The fourth-order valence-corrected chi connectivity index (χ4v) is 5.18. The van der Waals surface area contributed by atoms with Crippen LogP contribution in [0, 0.1) is 0 Å². The average Bonchev–Trinajstić information content (AvgIpc) is 3.50. The number of rotatable bonds is 7. The van der Waals surface area contributed by atoms with E-state index in [1.54, 1.807) is 24.5 Å². The summed E-state index contributed by atoms with van der Waals surface area (Å²) in [6.07, 6.45) is 2.66. The fourth-order valence-electron chi connectivity index (χ4n) is 4.35. The Labute approximate surface area is 206 Å². The smallest absolute Gasteiger partial charge is 0.245 e.